The lowest BCUT2D eigenvalue weighted by molar-refractivity contribution is 0.102. The summed E-state index contributed by atoms with van der Waals surface area (Å²) in [6.07, 6.45) is 0.478. The van der Waals surface area contributed by atoms with Gasteiger partial charge >= 0.3 is 0 Å². The van der Waals surface area contributed by atoms with Crippen molar-refractivity contribution in [1.29, 1.82) is 0 Å². The van der Waals surface area contributed by atoms with Crippen molar-refractivity contribution >= 4 is 0 Å². The van der Waals surface area contributed by atoms with Gasteiger partial charge in [-0.3, -0.25) is 0 Å². The normalized spacial score (nSPS) is 45.4. The molecule has 0 aromatic heterocycles. The molecule has 0 saturated carbocycles. The maximum Gasteiger partial charge on any atom is 0.153 e. The van der Waals surface area contributed by atoms with E-state index in [0.717, 1.165) is 5.57 Å². The molecule has 6 unspecified atom stereocenters. The molecule has 0 saturated heterocycles. The van der Waals surface area contributed by atoms with E-state index in [1.807, 2.05) is 19.9 Å². The molecule has 2 rings (SSSR count). The molecule has 3 heteroatoms. The molecule has 0 nitrogen and oxygen atoms in total. The second-order valence-electron chi connectivity index (χ2n) is 5.79. The highest BCUT2D eigenvalue weighted by Crippen LogP contribution is 2.41. The first-order chi connectivity index (χ1) is 8.43. The summed E-state index contributed by atoms with van der Waals surface area (Å²) in [5.74, 6) is -0.987. The van der Waals surface area contributed by atoms with E-state index in [9.17, 15) is 13.2 Å². The molecular formula is C15H21F3. The SMILES string of the molecule is CC1=CCC(C2=CCC(C)C(F)C2F)C(F)C1C. The summed E-state index contributed by atoms with van der Waals surface area (Å²) < 4.78 is 42.1. The lowest BCUT2D eigenvalue weighted by Gasteiger charge is -2.36. The number of halogens is 3. The topological polar surface area (TPSA) is 0 Å². The van der Waals surface area contributed by atoms with Crippen LogP contribution in [0, 0.1) is 17.8 Å². The van der Waals surface area contributed by atoms with Gasteiger partial charge in [0.2, 0.25) is 0 Å². The summed E-state index contributed by atoms with van der Waals surface area (Å²) in [5.41, 5.74) is 1.36. The van der Waals surface area contributed by atoms with Gasteiger partial charge in [0.25, 0.3) is 0 Å². The van der Waals surface area contributed by atoms with Crippen molar-refractivity contribution < 1.29 is 13.2 Å². The molecular weight excluding hydrogens is 237 g/mol. The van der Waals surface area contributed by atoms with Crippen molar-refractivity contribution in [2.45, 2.75) is 52.1 Å². The van der Waals surface area contributed by atoms with Crippen molar-refractivity contribution in [2.75, 3.05) is 0 Å². The second kappa shape index (κ2) is 5.10. The predicted octanol–water partition coefficient (Wildman–Crippen LogP) is 4.57. The lowest BCUT2D eigenvalue weighted by Crippen LogP contribution is -2.38. The van der Waals surface area contributed by atoms with Crippen LogP contribution < -0.4 is 0 Å². The Morgan fingerprint density at radius 3 is 2.33 bits per heavy atom. The van der Waals surface area contributed by atoms with E-state index in [0.29, 0.717) is 18.4 Å². The van der Waals surface area contributed by atoms with Crippen LogP contribution >= 0.6 is 0 Å². The van der Waals surface area contributed by atoms with Gasteiger partial charge in [-0.2, -0.15) is 0 Å². The van der Waals surface area contributed by atoms with E-state index in [4.69, 9.17) is 0 Å². The van der Waals surface area contributed by atoms with Crippen LogP contribution in [0.3, 0.4) is 0 Å². The van der Waals surface area contributed by atoms with Crippen molar-refractivity contribution in [3.8, 4) is 0 Å². The summed E-state index contributed by atoms with van der Waals surface area (Å²) in [6, 6.07) is 0. The number of rotatable bonds is 1. The number of alkyl halides is 3. The molecule has 0 bridgehead atoms. The highest BCUT2D eigenvalue weighted by Gasteiger charge is 2.41. The second-order valence-corrected chi connectivity index (χ2v) is 5.79. The Morgan fingerprint density at radius 1 is 1.00 bits per heavy atom. The van der Waals surface area contributed by atoms with Gasteiger partial charge in [0.15, 0.2) is 6.17 Å². The van der Waals surface area contributed by atoms with Crippen molar-refractivity contribution in [1.82, 2.24) is 0 Å². The van der Waals surface area contributed by atoms with Crippen LogP contribution in [0.4, 0.5) is 13.2 Å². The quantitative estimate of drug-likeness (QED) is 0.604. The minimum absolute atomic E-state index is 0.200. The third kappa shape index (κ3) is 2.24. The summed E-state index contributed by atoms with van der Waals surface area (Å²) in [6.45, 7) is 5.41. The molecule has 0 amide bonds. The van der Waals surface area contributed by atoms with E-state index in [2.05, 4.69) is 0 Å². The fourth-order valence-corrected chi connectivity index (χ4v) is 2.94. The number of allylic oxidation sites excluding steroid dienone is 4. The Balaban J connectivity index is 2.22. The van der Waals surface area contributed by atoms with Crippen LogP contribution in [0.15, 0.2) is 23.3 Å². The van der Waals surface area contributed by atoms with Crippen molar-refractivity contribution in [3.05, 3.63) is 23.3 Å². The molecule has 6 atom stereocenters. The molecule has 0 aromatic rings. The van der Waals surface area contributed by atoms with Gasteiger partial charge in [-0.15, -0.1) is 0 Å². The van der Waals surface area contributed by atoms with Crippen LogP contribution in [0.2, 0.25) is 0 Å². The first-order valence-corrected chi connectivity index (χ1v) is 6.72. The van der Waals surface area contributed by atoms with Gasteiger partial charge in [0, 0.05) is 11.8 Å². The first kappa shape index (κ1) is 13.7. The van der Waals surface area contributed by atoms with E-state index in [1.54, 1.807) is 13.0 Å². The van der Waals surface area contributed by atoms with Gasteiger partial charge in [0.05, 0.1) is 0 Å². The number of hydrogen-bond acceptors (Lipinski definition) is 0. The lowest BCUT2D eigenvalue weighted by atomic mass is 9.73. The molecule has 0 aromatic carbocycles. The van der Waals surface area contributed by atoms with Gasteiger partial charge in [-0.05, 0) is 31.3 Å². The Labute approximate surface area is 107 Å². The molecule has 2 aliphatic carbocycles. The Kier molecular flexibility index (Phi) is 3.88. The molecule has 2 aliphatic rings. The number of hydrogen-bond donors (Lipinski definition) is 0. The highest BCUT2D eigenvalue weighted by atomic mass is 19.2. The first-order valence-electron chi connectivity index (χ1n) is 6.72. The highest BCUT2D eigenvalue weighted by molar-refractivity contribution is 5.25. The zero-order valence-electron chi connectivity index (χ0n) is 11.2. The maximum absolute atomic E-state index is 14.3. The van der Waals surface area contributed by atoms with Gasteiger partial charge in [-0.25, -0.2) is 13.2 Å². The van der Waals surface area contributed by atoms with E-state index in [1.165, 1.54) is 0 Å². The minimum atomic E-state index is -1.63. The molecule has 0 radical (unpaired) electrons. The third-order valence-electron chi connectivity index (χ3n) is 4.57. The summed E-state index contributed by atoms with van der Waals surface area (Å²) in [7, 11) is 0. The van der Waals surface area contributed by atoms with Gasteiger partial charge in [-0.1, -0.05) is 31.6 Å². The third-order valence-corrected chi connectivity index (χ3v) is 4.57. The van der Waals surface area contributed by atoms with Gasteiger partial charge < -0.3 is 0 Å². The molecule has 0 N–H and O–H groups in total. The Hall–Kier alpha value is -0.730. The predicted molar refractivity (Wildman–Crippen MR) is 67.6 cm³/mol. The van der Waals surface area contributed by atoms with Crippen LogP contribution in [-0.4, -0.2) is 18.5 Å². The summed E-state index contributed by atoms with van der Waals surface area (Å²) >= 11 is 0. The van der Waals surface area contributed by atoms with Crippen LogP contribution in [0.5, 0.6) is 0 Å². The Bertz CT molecular complexity index is 372. The Morgan fingerprint density at radius 2 is 1.67 bits per heavy atom. The molecule has 18 heavy (non-hydrogen) atoms. The van der Waals surface area contributed by atoms with E-state index >= 15 is 0 Å². The van der Waals surface area contributed by atoms with Crippen LogP contribution in [0.25, 0.3) is 0 Å². The fourth-order valence-electron chi connectivity index (χ4n) is 2.94. The van der Waals surface area contributed by atoms with Gasteiger partial charge in [0.1, 0.15) is 12.3 Å². The fraction of sp³-hybridized carbons (Fsp3) is 0.733. The summed E-state index contributed by atoms with van der Waals surface area (Å²) in [4.78, 5) is 0. The molecule has 0 fully saturated rings. The monoisotopic (exact) mass is 258 g/mol. The largest absolute Gasteiger partial charge is 0.246 e. The standard InChI is InChI=1S/C15H21F3/c1-8-4-6-11(14(17)10(8)3)12-7-5-9(2)13(16)15(12)18/h4,7,9-11,13-15H,5-6H2,1-3H3. The zero-order chi connectivity index (χ0) is 13.4. The maximum atomic E-state index is 14.3. The average molecular weight is 258 g/mol. The van der Waals surface area contributed by atoms with Crippen molar-refractivity contribution in [2.24, 2.45) is 17.8 Å². The van der Waals surface area contributed by atoms with E-state index < -0.39 is 24.4 Å². The smallest absolute Gasteiger partial charge is 0.153 e. The zero-order valence-corrected chi connectivity index (χ0v) is 11.2. The summed E-state index contributed by atoms with van der Waals surface area (Å²) in [5, 5.41) is 0. The minimum Gasteiger partial charge on any atom is -0.246 e. The van der Waals surface area contributed by atoms with E-state index in [-0.39, 0.29) is 11.8 Å². The molecule has 102 valence electrons. The molecule has 0 aliphatic heterocycles. The average Bonchev–Trinajstić information content (AvgIpc) is 2.35. The van der Waals surface area contributed by atoms with Crippen molar-refractivity contribution in [3.63, 3.8) is 0 Å². The molecule has 0 spiro atoms. The van der Waals surface area contributed by atoms with Crippen LogP contribution in [0.1, 0.15) is 33.6 Å². The van der Waals surface area contributed by atoms with Crippen LogP contribution in [-0.2, 0) is 0 Å². The molecule has 0 heterocycles.